The Morgan fingerprint density at radius 2 is 1.87 bits per heavy atom. The Morgan fingerprint density at radius 1 is 1.13 bits per heavy atom. The molecule has 0 fully saturated rings. The lowest BCUT2D eigenvalue weighted by Crippen LogP contribution is -2.22. The first kappa shape index (κ1) is 20.5. The summed E-state index contributed by atoms with van der Waals surface area (Å²) in [5, 5.41) is 3.09. The first-order valence-corrected chi connectivity index (χ1v) is 9.97. The summed E-state index contributed by atoms with van der Waals surface area (Å²) in [7, 11) is 0. The summed E-state index contributed by atoms with van der Waals surface area (Å²) in [5.74, 6) is -0.191. The van der Waals surface area contributed by atoms with Crippen molar-refractivity contribution in [1.29, 1.82) is 0 Å². The maximum absolute atomic E-state index is 14.2. The second kappa shape index (κ2) is 8.53. The molecule has 0 aliphatic heterocycles. The largest absolute Gasteiger partial charge is 0.494 e. The van der Waals surface area contributed by atoms with Gasteiger partial charge in [0, 0.05) is 11.3 Å². The number of rotatable bonds is 5. The average molecular weight is 435 g/mol. The average Bonchev–Trinajstić information content (AvgIpc) is 2.76. The normalized spacial score (nSPS) is 10.8. The topological polar surface area (TPSA) is 76.1 Å². The van der Waals surface area contributed by atoms with Crippen molar-refractivity contribution in [3.63, 3.8) is 0 Å². The summed E-state index contributed by atoms with van der Waals surface area (Å²) in [6, 6.07) is 17.5. The highest BCUT2D eigenvalue weighted by molar-refractivity contribution is 7.71. The standard InChI is InChI=1S/C23H18FN3O3S/c1-2-30-16-10-8-15(9-11-16)25-21(28)14-7-12-17-19(13-14)26-23(31)27(22(17)29)20-6-4-3-5-18(20)24/h3-13H,2H2,1H3,(H,25,28)(H,26,31). The van der Waals surface area contributed by atoms with Gasteiger partial charge in [-0.15, -0.1) is 0 Å². The molecule has 1 heterocycles. The van der Waals surface area contributed by atoms with E-state index in [9.17, 15) is 14.0 Å². The Labute approximate surface area is 181 Å². The van der Waals surface area contributed by atoms with Gasteiger partial charge in [-0.1, -0.05) is 12.1 Å². The number of amides is 1. The van der Waals surface area contributed by atoms with Crippen LogP contribution in [0.25, 0.3) is 16.6 Å². The number of benzene rings is 3. The number of hydrogen-bond donors (Lipinski definition) is 2. The van der Waals surface area contributed by atoms with Crippen molar-refractivity contribution in [2.24, 2.45) is 0 Å². The number of hydrogen-bond acceptors (Lipinski definition) is 4. The van der Waals surface area contributed by atoms with E-state index in [4.69, 9.17) is 17.0 Å². The first-order chi connectivity index (χ1) is 15.0. The van der Waals surface area contributed by atoms with E-state index < -0.39 is 11.4 Å². The molecule has 0 unspecified atom stereocenters. The smallest absolute Gasteiger partial charge is 0.266 e. The van der Waals surface area contributed by atoms with Crippen LogP contribution in [-0.4, -0.2) is 22.1 Å². The van der Waals surface area contributed by atoms with E-state index in [0.29, 0.717) is 29.1 Å². The minimum atomic E-state index is -0.560. The molecule has 6 nitrogen and oxygen atoms in total. The van der Waals surface area contributed by atoms with Gasteiger partial charge in [0.1, 0.15) is 11.6 Å². The molecule has 0 saturated heterocycles. The molecule has 31 heavy (non-hydrogen) atoms. The fourth-order valence-electron chi connectivity index (χ4n) is 3.22. The van der Waals surface area contributed by atoms with Crippen molar-refractivity contribution in [1.82, 2.24) is 9.55 Å². The van der Waals surface area contributed by atoms with Gasteiger partial charge in [0.15, 0.2) is 4.77 Å². The molecule has 0 bridgehead atoms. The first-order valence-electron chi connectivity index (χ1n) is 9.56. The maximum Gasteiger partial charge on any atom is 0.266 e. The predicted molar refractivity (Wildman–Crippen MR) is 120 cm³/mol. The van der Waals surface area contributed by atoms with Crippen LogP contribution in [0.3, 0.4) is 0 Å². The molecular weight excluding hydrogens is 417 g/mol. The minimum Gasteiger partial charge on any atom is -0.494 e. The fraction of sp³-hybridized carbons (Fsp3) is 0.0870. The van der Waals surface area contributed by atoms with E-state index in [1.807, 2.05) is 6.92 Å². The monoisotopic (exact) mass is 435 g/mol. The van der Waals surface area contributed by atoms with E-state index in [2.05, 4.69) is 10.3 Å². The lowest BCUT2D eigenvalue weighted by atomic mass is 10.1. The number of fused-ring (bicyclic) bond motifs is 1. The molecular formula is C23H18FN3O3S. The van der Waals surface area contributed by atoms with Gasteiger partial charge in [-0.3, -0.25) is 9.59 Å². The number of carbonyl (C=O) groups is 1. The van der Waals surface area contributed by atoms with Gasteiger partial charge in [-0.2, -0.15) is 0 Å². The molecule has 0 spiro atoms. The second-order valence-corrected chi connectivity index (χ2v) is 7.08. The molecule has 0 aliphatic carbocycles. The lowest BCUT2D eigenvalue weighted by Gasteiger charge is -2.10. The molecule has 0 saturated carbocycles. The Morgan fingerprint density at radius 3 is 2.58 bits per heavy atom. The zero-order valence-corrected chi connectivity index (χ0v) is 17.3. The Kier molecular flexibility index (Phi) is 5.64. The number of aromatic amines is 1. The summed E-state index contributed by atoms with van der Waals surface area (Å²) in [6.45, 7) is 2.45. The molecule has 0 aliphatic rings. The van der Waals surface area contributed by atoms with Gasteiger partial charge >= 0.3 is 0 Å². The van der Waals surface area contributed by atoms with Crippen molar-refractivity contribution in [2.45, 2.75) is 6.92 Å². The van der Waals surface area contributed by atoms with Gasteiger partial charge in [0.25, 0.3) is 11.5 Å². The molecule has 4 rings (SSSR count). The van der Waals surface area contributed by atoms with Crippen LogP contribution in [0.2, 0.25) is 0 Å². The van der Waals surface area contributed by atoms with Gasteiger partial charge in [0.2, 0.25) is 0 Å². The number of para-hydroxylation sites is 1. The van der Waals surface area contributed by atoms with Crippen LogP contribution >= 0.6 is 12.2 Å². The maximum atomic E-state index is 14.2. The highest BCUT2D eigenvalue weighted by atomic mass is 32.1. The van der Waals surface area contributed by atoms with Gasteiger partial charge in [-0.25, -0.2) is 8.96 Å². The van der Waals surface area contributed by atoms with Crippen LogP contribution in [0.5, 0.6) is 5.75 Å². The van der Waals surface area contributed by atoms with E-state index in [1.165, 1.54) is 30.3 Å². The number of aromatic nitrogens is 2. The van der Waals surface area contributed by atoms with E-state index >= 15 is 0 Å². The third-order valence-electron chi connectivity index (χ3n) is 4.68. The molecule has 1 aromatic heterocycles. The highest BCUT2D eigenvalue weighted by Crippen LogP contribution is 2.18. The van der Waals surface area contributed by atoms with E-state index in [0.717, 1.165) is 4.57 Å². The van der Waals surface area contributed by atoms with Gasteiger partial charge in [0.05, 0.1) is 23.2 Å². The SMILES string of the molecule is CCOc1ccc(NC(=O)c2ccc3c(=O)n(-c4ccccc4F)c(=S)[nH]c3c2)cc1. The van der Waals surface area contributed by atoms with Crippen molar-refractivity contribution in [3.8, 4) is 11.4 Å². The fourth-order valence-corrected chi connectivity index (χ4v) is 3.51. The van der Waals surface area contributed by atoms with E-state index in [-0.39, 0.29) is 21.8 Å². The van der Waals surface area contributed by atoms with Crippen LogP contribution < -0.4 is 15.6 Å². The number of nitrogens with zero attached hydrogens (tertiary/aromatic N) is 1. The summed E-state index contributed by atoms with van der Waals surface area (Å²) in [5.41, 5.74) is 0.934. The molecule has 2 N–H and O–H groups in total. The molecule has 1 amide bonds. The number of carbonyl (C=O) groups excluding carboxylic acids is 1. The molecule has 8 heteroatoms. The minimum absolute atomic E-state index is 0.0340. The molecule has 156 valence electrons. The molecule has 0 radical (unpaired) electrons. The van der Waals surface area contributed by atoms with Crippen LogP contribution in [0.4, 0.5) is 10.1 Å². The second-order valence-electron chi connectivity index (χ2n) is 6.69. The third-order valence-corrected chi connectivity index (χ3v) is 4.96. The zero-order chi connectivity index (χ0) is 22.0. The zero-order valence-electron chi connectivity index (χ0n) is 16.5. The van der Waals surface area contributed by atoms with Crippen molar-refractivity contribution in [3.05, 3.63) is 93.2 Å². The van der Waals surface area contributed by atoms with Gasteiger partial charge in [-0.05, 0) is 73.7 Å². The number of H-pyrrole nitrogens is 1. The van der Waals surface area contributed by atoms with Crippen molar-refractivity contribution in [2.75, 3.05) is 11.9 Å². The van der Waals surface area contributed by atoms with Crippen LogP contribution in [0, 0.1) is 10.6 Å². The lowest BCUT2D eigenvalue weighted by molar-refractivity contribution is 0.102. The van der Waals surface area contributed by atoms with Crippen LogP contribution in [0.1, 0.15) is 17.3 Å². The Hall–Kier alpha value is -3.78. The summed E-state index contributed by atoms with van der Waals surface area (Å²) < 4.78 is 20.7. The highest BCUT2D eigenvalue weighted by Gasteiger charge is 2.13. The quantitative estimate of drug-likeness (QED) is 0.440. The van der Waals surface area contributed by atoms with Crippen LogP contribution in [-0.2, 0) is 0 Å². The number of nitrogens with one attached hydrogen (secondary N) is 2. The molecule has 3 aromatic carbocycles. The predicted octanol–water partition coefficient (Wildman–Crippen LogP) is 4.84. The number of halogens is 1. The summed E-state index contributed by atoms with van der Waals surface area (Å²) in [6.07, 6.45) is 0. The summed E-state index contributed by atoms with van der Waals surface area (Å²) in [4.78, 5) is 28.5. The summed E-state index contributed by atoms with van der Waals surface area (Å²) >= 11 is 5.28. The van der Waals surface area contributed by atoms with Gasteiger partial charge < -0.3 is 15.0 Å². The molecule has 0 atom stereocenters. The van der Waals surface area contributed by atoms with E-state index in [1.54, 1.807) is 36.4 Å². The van der Waals surface area contributed by atoms with Crippen molar-refractivity contribution >= 4 is 34.7 Å². The molecule has 4 aromatic rings. The number of ether oxygens (including phenoxy) is 1. The Balaban J connectivity index is 1.68. The third kappa shape index (κ3) is 4.10. The van der Waals surface area contributed by atoms with Crippen molar-refractivity contribution < 1.29 is 13.9 Å². The van der Waals surface area contributed by atoms with Crippen LogP contribution in [0.15, 0.2) is 71.5 Å². The Bertz CT molecular complexity index is 1390. The number of anilines is 1.